The number of aromatic nitrogens is 5. The van der Waals surface area contributed by atoms with Crippen molar-refractivity contribution in [2.24, 2.45) is 0 Å². The summed E-state index contributed by atoms with van der Waals surface area (Å²) in [4.78, 5) is 10.3. The molecule has 0 atom stereocenters. The molecule has 9 nitrogen and oxygen atoms in total. The molecule has 0 aliphatic heterocycles. The molecule has 28 heavy (non-hydrogen) atoms. The van der Waals surface area contributed by atoms with E-state index in [2.05, 4.69) is 41.3 Å². The van der Waals surface area contributed by atoms with E-state index < -0.39 is 4.92 Å². The normalized spacial score (nSPS) is 11.1. The van der Waals surface area contributed by atoms with Crippen molar-refractivity contribution in [1.29, 1.82) is 0 Å². The number of thioether (sulfide) groups is 1. The quantitative estimate of drug-likeness (QED) is 0.304. The first kappa shape index (κ1) is 19.9. The van der Waals surface area contributed by atoms with Gasteiger partial charge in [-0.3, -0.25) is 14.8 Å². The van der Waals surface area contributed by atoms with Crippen LogP contribution in [0.25, 0.3) is 0 Å². The first-order valence-electron chi connectivity index (χ1n) is 8.92. The van der Waals surface area contributed by atoms with Crippen LogP contribution >= 0.6 is 11.8 Å². The van der Waals surface area contributed by atoms with Crippen molar-refractivity contribution in [1.82, 2.24) is 24.5 Å². The number of benzene rings is 1. The number of nitro groups is 1. The minimum atomic E-state index is -0.466. The summed E-state index contributed by atoms with van der Waals surface area (Å²) in [6.45, 7) is 7.32. The molecular formula is C18H22N6O3S. The summed E-state index contributed by atoms with van der Waals surface area (Å²) in [6.07, 6.45) is 2.62. The Balaban J connectivity index is 1.61. The molecule has 0 aliphatic rings. The highest BCUT2D eigenvalue weighted by Gasteiger charge is 2.14. The Morgan fingerprint density at radius 3 is 2.61 bits per heavy atom. The molecule has 2 heterocycles. The molecule has 2 aromatic heterocycles. The fourth-order valence-corrected chi connectivity index (χ4v) is 3.47. The van der Waals surface area contributed by atoms with Gasteiger partial charge in [-0.25, -0.2) is 0 Å². The molecule has 0 fully saturated rings. The number of ether oxygens (including phenoxy) is 1. The zero-order valence-electron chi connectivity index (χ0n) is 16.0. The van der Waals surface area contributed by atoms with E-state index >= 15 is 0 Å². The van der Waals surface area contributed by atoms with E-state index in [1.165, 1.54) is 34.4 Å². The van der Waals surface area contributed by atoms with Crippen LogP contribution in [-0.4, -0.2) is 29.5 Å². The Bertz CT molecular complexity index is 935. The van der Waals surface area contributed by atoms with Crippen molar-refractivity contribution in [2.75, 3.05) is 0 Å². The van der Waals surface area contributed by atoms with Crippen LogP contribution in [-0.2, 0) is 19.0 Å². The van der Waals surface area contributed by atoms with E-state index in [-0.39, 0.29) is 5.69 Å². The zero-order chi connectivity index (χ0) is 20.1. The van der Waals surface area contributed by atoms with Crippen molar-refractivity contribution in [2.45, 2.75) is 50.9 Å². The highest BCUT2D eigenvalue weighted by Crippen LogP contribution is 2.22. The van der Waals surface area contributed by atoms with E-state index in [1.807, 2.05) is 23.6 Å². The van der Waals surface area contributed by atoms with Gasteiger partial charge in [0.05, 0.1) is 10.8 Å². The van der Waals surface area contributed by atoms with E-state index in [0.29, 0.717) is 24.9 Å². The number of hydrogen-bond acceptors (Lipinski definition) is 7. The van der Waals surface area contributed by atoms with Crippen molar-refractivity contribution in [3.05, 3.63) is 58.2 Å². The van der Waals surface area contributed by atoms with E-state index in [0.717, 1.165) is 16.7 Å². The smallest absolute Gasteiger partial charge is 0.307 e. The molecule has 3 aromatic rings. The molecule has 0 spiro atoms. The first-order chi connectivity index (χ1) is 13.5. The summed E-state index contributed by atoms with van der Waals surface area (Å²) >= 11 is 1.41. The average molecular weight is 402 g/mol. The number of rotatable bonds is 9. The molecule has 0 N–H and O–H groups in total. The summed E-state index contributed by atoms with van der Waals surface area (Å²) in [7, 11) is 0. The van der Waals surface area contributed by atoms with Crippen LogP contribution in [0.15, 0.2) is 41.8 Å². The number of nitrogens with zero attached hydrogens (tertiary/aromatic N) is 6. The lowest BCUT2D eigenvalue weighted by Gasteiger charge is -2.10. The molecule has 148 valence electrons. The Labute approximate surface area is 166 Å². The third-order valence-corrected chi connectivity index (χ3v) is 5.13. The monoisotopic (exact) mass is 402 g/mol. The second-order valence-electron chi connectivity index (χ2n) is 6.42. The third kappa shape index (κ3) is 4.69. The van der Waals surface area contributed by atoms with E-state index in [1.54, 1.807) is 0 Å². The van der Waals surface area contributed by atoms with Crippen molar-refractivity contribution in [3.8, 4) is 5.75 Å². The maximum absolute atomic E-state index is 10.7. The van der Waals surface area contributed by atoms with Gasteiger partial charge in [0.2, 0.25) is 0 Å². The molecule has 0 unspecified atom stereocenters. The zero-order valence-corrected chi connectivity index (χ0v) is 16.8. The molecule has 0 amide bonds. The fourth-order valence-electron chi connectivity index (χ4n) is 2.59. The maximum Gasteiger partial charge on any atom is 0.307 e. The Kier molecular flexibility index (Phi) is 6.30. The summed E-state index contributed by atoms with van der Waals surface area (Å²) in [5.74, 6) is 2.40. The lowest BCUT2D eigenvalue weighted by molar-refractivity contribution is -0.385. The minimum absolute atomic E-state index is 0.0323. The minimum Gasteiger partial charge on any atom is -0.486 e. The molecule has 0 aliphatic carbocycles. The molecule has 0 saturated heterocycles. The SMILES string of the molecule is CCn1c(COc2ccc(C(C)C)cc2)nnc1SCn1cc([N+](=O)[O-])cn1. The second-order valence-corrected chi connectivity index (χ2v) is 7.34. The van der Waals surface area contributed by atoms with Crippen LogP contribution < -0.4 is 4.74 Å². The van der Waals surface area contributed by atoms with Crippen molar-refractivity contribution >= 4 is 17.4 Å². The van der Waals surface area contributed by atoms with Gasteiger partial charge in [-0.1, -0.05) is 37.7 Å². The van der Waals surface area contributed by atoms with Crippen LogP contribution in [0.5, 0.6) is 5.75 Å². The summed E-state index contributed by atoms with van der Waals surface area (Å²) < 4.78 is 9.32. The van der Waals surface area contributed by atoms with Crippen molar-refractivity contribution in [3.63, 3.8) is 0 Å². The van der Waals surface area contributed by atoms with Gasteiger partial charge >= 0.3 is 5.69 Å². The lowest BCUT2D eigenvalue weighted by atomic mass is 10.0. The molecular weight excluding hydrogens is 380 g/mol. The largest absolute Gasteiger partial charge is 0.486 e. The van der Waals surface area contributed by atoms with Gasteiger partial charge in [-0.15, -0.1) is 10.2 Å². The van der Waals surface area contributed by atoms with Gasteiger partial charge in [-0.05, 0) is 30.5 Å². The van der Waals surface area contributed by atoms with Crippen LogP contribution in [0.4, 0.5) is 5.69 Å². The van der Waals surface area contributed by atoms with Gasteiger partial charge in [0.1, 0.15) is 24.8 Å². The predicted octanol–water partition coefficient (Wildman–Crippen LogP) is 3.85. The fraction of sp³-hybridized carbons (Fsp3) is 0.389. The lowest BCUT2D eigenvalue weighted by Crippen LogP contribution is -2.07. The van der Waals surface area contributed by atoms with Crippen LogP contribution in [0.3, 0.4) is 0 Å². The maximum atomic E-state index is 10.7. The van der Waals surface area contributed by atoms with Gasteiger partial charge in [0, 0.05) is 6.54 Å². The Hall–Kier alpha value is -2.88. The van der Waals surface area contributed by atoms with Gasteiger partial charge in [0.25, 0.3) is 0 Å². The first-order valence-corrected chi connectivity index (χ1v) is 9.91. The van der Waals surface area contributed by atoms with Crippen LogP contribution in [0.1, 0.15) is 38.1 Å². The van der Waals surface area contributed by atoms with Gasteiger partial charge in [0.15, 0.2) is 11.0 Å². The Morgan fingerprint density at radius 2 is 2.00 bits per heavy atom. The van der Waals surface area contributed by atoms with E-state index in [4.69, 9.17) is 4.74 Å². The topological polar surface area (TPSA) is 101 Å². The Morgan fingerprint density at radius 1 is 1.25 bits per heavy atom. The van der Waals surface area contributed by atoms with Gasteiger partial charge in [-0.2, -0.15) is 5.10 Å². The second kappa shape index (κ2) is 8.87. The molecule has 10 heteroatoms. The predicted molar refractivity (Wildman–Crippen MR) is 105 cm³/mol. The molecule has 0 bridgehead atoms. The van der Waals surface area contributed by atoms with E-state index in [9.17, 15) is 10.1 Å². The number of hydrogen-bond donors (Lipinski definition) is 0. The highest BCUT2D eigenvalue weighted by molar-refractivity contribution is 7.98. The average Bonchev–Trinajstić information content (AvgIpc) is 3.31. The highest BCUT2D eigenvalue weighted by atomic mass is 32.2. The molecule has 0 radical (unpaired) electrons. The summed E-state index contributed by atoms with van der Waals surface area (Å²) in [6, 6.07) is 8.05. The van der Waals surface area contributed by atoms with Crippen molar-refractivity contribution < 1.29 is 9.66 Å². The molecule has 3 rings (SSSR count). The van der Waals surface area contributed by atoms with Gasteiger partial charge < -0.3 is 9.30 Å². The third-order valence-electron chi connectivity index (χ3n) is 4.18. The van der Waals surface area contributed by atoms with Crippen LogP contribution in [0, 0.1) is 10.1 Å². The van der Waals surface area contributed by atoms with Crippen LogP contribution in [0.2, 0.25) is 0 Å². The molecule has 0 saturated carbocycles. The standard InChI is InChI=1S/C18H22N6O3S/c1-4-23-17(11-27-16-7-5-14(6-8-16)13(2)3)20-21-18(23)28-12-22-10-15(9-19-22)24(25)26/h5-10,13H,4,11-12H2,1-3H3. The summed E-state index contributed by atoms with van der Waals surface area (Å²) in [5.41, 5.74) is 1.23. The molecule has 1 aromatic carbocycles. The summed E-state index contributed by atoms with van der Waals surface area (Å²) in [5, 5.41) is 23.9.